The zero-order chi connectivity index (χ0) is 14.4. The van der Waals surface area contributed by atoms with E-state index in [1.54, 1.807) is 24.3 Å². The van der Waals surface area contributed by atoms with Crippen LogP contribution in [0.1, 0.15) is 35.2 Å². The molecule has 0 bridgehead atoms. The summed E-state index contributed by atoms with van der Waals surface area (Å²) >= 11 is 0. The summed E-state index contributed by atoms with van der Waals surface area (Å²) in [5.74, 6) is 0.275. The molecule has 5 heteroatoms. The van der Waals surface area contributed by atoms with Crippen molar-refractivity contribution in [3.05, 3.63) is 35.4 Å². The van der Waals surface area contributed by atoms with Crippen LogP contribution < -0.4 is 16.4 Å². The molecular weight excluding hydrogens is 254 g/mol. The van der Waals surface area contributed by atoms with E-state index in [1.165, 1.54) is 6.42 Å². The first kappa shape index (κ1) is 14.5. The van der Waals surface area contributed by atoms with E-state index in [9.17, 15) is 9.59 Å². The number of hydrogen-bond donors (Lipinski definition) is 3. The number of amides is 2. The van der Waals surface area contributed by atoms with Crippen molar-refractivity contribution >= 4 is 11.8 Å². The Labute approximate surface area is 118 Å². The third-order valence-corrected chi connectivity index (χ3v) is 3.67. The van der Waals surface area contributed by atoms with E-state index in [0.29, 0.717) is 24.4 Å². The quantitative estimate of drug-likeness (QED) is 0.717. The van der Waals surface area contributed by atoms with E-state index in [4.69, 9.17) is 5.73 Å². The molecule has 4 N–H and O–H groups in total. The van der Waals surface area contributed by atoms with Crippen molar-refractivity contribution in [2.45, 2.75) is 25.8 Å². The number of carbonyl (C=O) groups is 2. The van der Waals surface area contributed by atoms with Crippen molar-refractivity contribution in [3.63, 3.8) is 0 Å². The second-order valence-corrected chi connectivity index (χ2v) is 5.24. The number of hydrogen-bond acceptors (Lipinski definition) is 3. The van der Waals surface area contributed by atoms with Crippen LogP contribution in [-0.4, -0.2) is 24.9 Å². The lowest BCUT2D eigenvalue weighted by molar-refractivity contribution is -0.121. The molecule has 2 amide bonds. The number of primary amides is 1. The van der Waals surface area contributed by atoms with Crippen LogP contribution in [0, 0.1) is 5.92 Å². The van der Waals surface area contributed by atoms with E-state index >= 15 is 0 Å². The maximum Gasteiger partial charge on any atom is 0.248 e. The van der Waals surface area contributed by atoms with E-state index < -0.39 is 5.91 Å². The number of rotatable bonds is 6. The summed E-state index contributed by atoms with van der Waals surface area (Å²) in [6.07, 6.45) is 2.69. The smallest absolute Gasteiger partial charge is 0.248 e. The van der Waals surface area contributed by atoms with Crippen molar-refractivity contribution < 1.29 is 9.59 Å². The molecular formula is C15H21N3O2. The summed E-state index contributed by atoms with van der Waals surface area (Å²) in [5, 5.41) is 6.19. The summed E-state index contributed by atoms with van der Waals surface area (Å²) < 4.78 is 0. The van der Waals surface area contributed by atoms with Gasteiger partial charge >= 0.3 is 0 Å². The van der Waals surface area contributed by atoms with Crippen LogP contribution in [-0.2, 0) is 11.3 Å². The first-order valence-electron chi connectivity index (χ1n) is 7.01. The maximum absolute atomic E-state index is 11.7. The van der Waals surface area contributed by atoms with E-state index in [0.717, 1.165) is 25.1 Å². The fourth-order valence-electron chi connectivity index (χ4n) is 2.37. The molecule has 1 aromatic carbocycles. The van der Waals surface area contributed by atoms with Gasteiger partial charge in [0, 0.05) is 18.5 Å². The predicted molar refractivity (Wildman–Crippen MR) is 77.0 cm³/mol. The normalized spacial score (nSPS) is 17.9. The van der Waals surface area contributed by atoms with E-state index in [-0.39, 0.29) is 5.91 Å². The molecule has 1 aliphatic heterocycles. The molecule has 1 saturated heterocycles. The molecule has 0 radical (unpaired) electrons. The fourth-order valence-corrected chi connectivity index (χ4v) is 2.37. The van der Waals surface area contributed by atoms with Crippen LogP contribution in [0.2, 0.25) is 0 Å². The highest BCUT2D eigenvalue weighted by molar-refractivity contribution is 5.92. The molecule has 1 atom stereocenters. The van der Waals surface area contributed by atoms with Gasteiger partial charge in [0.05, 0.1) is 0 Å². The van der Waals surface area contributed by atoms with Crippen molar-refractivity contribution in [3.8, 4) is 0 Å². The molecule has 1 fully saturated rings. The Kier molecular flexibility index (Phi) is 5.12. The second kappa shape index (κ2) is 7.05. The van der Waals surface area contributed by atoms with Crippen LogP contribution in [0.5, 0.6) is 0 Å². The van der Waals surface area contributed by atoms with Crippen LogP contribution >= 0.6 is 0 Å². The van der Waals surface area contributed by atoms with Crippen LogP contribution in [0.3, 0.4) is 0 Å². The molecule has 0 aromatic heterocycles. The van der Waals surface area contributed by atoms with Gasteiger partial charge in [-0.25, -0.2) is 0 Å². The highest BCUT2D eigenvalue weighted by Crippen LogP contribution is 2.14. The molecule has 1 aliphatic rings. The minimum Gasteiger partial charge on any atom is -0.366 e. The monoisotopic (exact) mass is 275 g/mol. The largest absolute Gasteiger partial charge is 0.366 e. The van der Waals surface area contributed by atoms with Gasteiger partial charge in [0.2, 0.25) is 11.8 Å². The van der Waals surface area contributed by atoms with Crippen molar-refractivity contribution in [1.29, 1.82) is 0 Å². The summed E-state index contributed by atoms with van der Waals surface area (Å²) in [4.78, 5) is 22.7. The molecule has 1 unspecified atom stereocenters. The molecule has 20 heavy (non-hydrogen) atoms. The first-order valence-corrected chi connectivity index (χ1v) is 7.01. The zero-order valence-electron chi connectivity index (χ0n) is 11.5. The standard InChI is InChI=1S/C15H21N3O2/c16-15(20)13-4-1-11(2-5-13)10-18-14(19)6-3-12-7-8-17-9-12/h1-2,4-5,12,17H,3,6-10H2,(H2,16,20)(H,18,19). The van der Waals surface area contributed by atoms with E-state index in [1.807, 2.05) is 0 Å². The Bertz CT molecular complexity index is 465. The zero-order valence-corrected chi connectivity index (χ0v) is 11.5. The van der Waals surface area contributed by atoms with Gasteiger partial charge in [-0.3, -0.25) is 9.59 Å². The van der Waals surface area contributed by atoms with Gasteiger partial charge in [-0.1, -0.05) is 12.1 Å². The van der Waals surface area contributed by atoms with Gasteiger partial charge in [-0.15, -0.1) is 0 Å². The second-order valence-electron chi connectivity index (χ2n) is 5.24. The Balaban J connectivity index is 1.70. The van der Waals surface area contributed by atoms with Crippen LogP contribution in [0.15, 0.2) is 24.3 Å². The number of carbonyl (C=O) groups excluding carboxylic acids is 2. The van der Waals surface area contributed by atoms with Gasteiger partial charge in [0.1, 0.15) is 0 Å². The Morgan fingerprint density at radius 2 is 2.05 bits per heavy atom. The lowest BCUT2D eigenvalue weighted by Crippen LogP contribution is -2.23. The average molecular weight is 275 g/mol. The molecule has 1 aromatic rings. The summed E-state index contributed by atoms with van der Waals surface area (Å²) in [7, 11) is 0. The maximum atomic E-state index is 11.7. The Morgan fingerprint density at radius 1 is 1.30 bits per heavy atom. The number of benzene rings is 1. The minimum atomic E-state index is -0.439. The highest BCUT2D eigenvalue weighted by Gasteiger charge is 2.15. The molecule has 108 valence electrons. The Hall–Kier alpha value is -1.88. The van der Waals surface area contributed by atoms with Gasteiger partial charge < -0.3 is 16.4 Å². The lowest BCUT2D eigenvalue weighted by atomic mass is 10.0. The first-order chi connectivity index (χ1) is 9.65. The molecule has 0 aliphatic carbocycles. The third-order valence-electron chi connectivity index (χ3n) is 3.67. The SMILES string of the molecule is NC(=O)c1ccc(CNC(=O)CCC2CCNC2)cc1. The minimum absolute atomic E-state index is 0.0795. The van der Waals surface area contributed by atoms with Crippen LogP contribution in [0.4, 0.5) is 0 Å². The van der Waals surface area contributed by atoms with Gasteiger partial charge in [-0.05, 0) is 49.5 Å². The average Bonchev–Trinajstić information content (AvgIpc) is 2.96. The lowest BCUT2D eigenvalue weighted by Gasteiger charge is -2.09. The van der Waals surface area contributed by atoms with Gasteiger partial charge in [-0.2, -0.15) is 0 Å². The van der Waals surface area contributed by atoms with E-state index in [2.05, 4.69) is 10.6 Å². The van der Waals surface area contributed by atoms with Crippen molar-refractivity contribution in [1.82, 2.24) is 10.6 Å². The summed E-state index contributed by atoms with van der Waals surface area (Å²) in [5.41, 5.74) is 6.62. The fraction of sp³-hybridized carbons (Fsp3) is 0.467. The molecule has 0 saturated carbocycles. The number of nitrogens with one attached hydrogen (secondary N) is 2. The molecule has 2 rings (SSSR count). The molecule has 0 spiro atoms. The van der Waals surface area contributed by atoms with Crippen LogP contribution in [0.25, 0.3) is 0 Å². The van der Waals surface area contributed by atoms with Gasteiger partial charge in [0.25, 0.3) is 0 Å². The Morgan fingerprint density at radius 3 is 2.65 bits per heavy atom. The summed E-state index contributed by atoms with van der Waals surface area (Å²) in [6.45, 7) is 2.58. The van der Waals surface area contributed by atoms with Gasteiger partial charge in [0.15, 0.2) is 0 Å². The van der Waals surface area contributed by atoms with Crippen molar-refractivity contribution in [2.24, 2.45) is 11.7 Å². The summed E-state index contributed by atoms with van der Waals surface area (Å²) in [6, 6.07) is 6.96. The topological polar surface area (TPSA) is 84.2 Å². The highest BCUT2D eigenvalue weighted by atomic mass is 16.1. The predicted octanol–water partition coefficient (Wildman–Crippen LogP) is 0.791. The van der Waals surface area contributed by atoms with Crippen molar-refractivity contribution in [2.75, 3.05) is 13.1 Å². The number of nitrogens with two attached hydrogens (primary N) is 1. The molecule has 1 heterocycles. The third kappa shape index (κ3) is 4.35. The molecule has 5 nitrogen and oxygen atoms in total.